The molecule has 1 aromatic heterocycles. The third-order valence-corrected chi connectivity index (χ3v) is 8.18. The summed E-state index contributed by atoms with van der Waals surface area (Å²) >= 11 is 6.08. The van der Waals surface area contributed by atoms with Crippen molar-refractivity contribution < 1.29 is 27.4 Å². The van der Waals surface area contributed by atoms with Crippen molar-refractivity contribution in [2.45, 2.75) is 68.7 Å². The van der Waals surface area contributed by atoms with Crippen LogP contribution in [0.1, 0.15) is 44.9 Å². The standard InChI is InChI=1S/C21H31ClN4O6S/c1-12-7-16(25-33(4,28)29)17(26(12)20(27)31-3)11-32-14-5-6-21(9-13(21)8-14)19-23-10-15(22)18(24-19)30-2/h10,12-14,16-17,25H,5-9,11H2,1-4H3. The van der Waals surface area contributed by atoms with E-state index in [0.29, 0.717) is 23.2 Å². The summed E-state index contributed by atoms with van der Waals surface area (Å²) in [6, 6.07) is -1.02. The van der Waals surface area contributed by atoms with Gasteiger partial charge in [-0.15, -0.1) is 0 Å². The predicted octanol–water partition coefficient (Wildman–Crippen LogP) is 2.11. The number of hydrogen-bond acceptors (Lipinski definition) is 8. The lowest BCUT2D eigenvalue weighted by molar-refractivity contribution is -0.0103. The van der Waals surface area contributed by atoms with Gasteiger partial charge in [-0.1, -0.05) is 11.6 Å². The van der Waals surface area contributed by atoms with Crippen LogP contribution in [0, 0.1) is 5.92 Å². The first-order chi connectivity index (χ1) is 15.6. The van der Waals surface area contributed by atoms with Crippen molar-refractivity contribution in [1.29, 1.82) is 0 Å². The minimum Gasteiger partial charge on any atom is -0.480 e. The molecule has 3 fully saturated rings. The second-order valence-corrected chi connectivity index (χ2v) is 11.6. The molecule has 4 rings (SSSR count). The number of aromatic nitrogens is 2. The zero-order valence-electron chi connectivity index (χ0n) is 19.3. The van der Waals surface area contributed by atoms with Crippen LogP contribution < -0.4 is 9.46 Å². The normalized spacial score (nSPS) is 33.5. The molecule has 1 aliphatic heterocycles. The van der Waals surface area contributed by atoms with Crippen molar-refractivity contribution in [1.82, 2.24) is 19.6 Å². The van der Waals surface area contributed by atoms with E-state index in [9.17, 15) is 13.2 Å². The van der Waals surface area contributed by atoms with E-state index in [0.717, 1.165) is 37.8 Å². The number of fused-ring (bicyclic) bond motifs is 1. The number of methoxy groups -OCH3 is 2. The number of sulfonamides is 1. The molecule has 3 aliphatic rings. The van der Waals surface area contributed by atoms with Crippen LogP contribution in [0.15, 0.2) is 6.20 Å². The lowest BCUT2D eigenvalue weighted by atomic mass is 9.86. The minimum absolute atomic E-state index is 0.0223. The van der Waals surface area contributed by atoms with Crippen LogP contribution in [0.2, 0.25) is 5.02 Å². The van der Waals surface area contributed by atoms with Crippen molar-refractivity contribution >= 4 is 27.7 Å². The molecule has 184 valence electrons. The minimum atomic E-state index is -3.43. The fourth-order valence-corrected chi connectivity index (χ4v) is 6.51. The Kier molecular flexibility index (Phi) is 6.78. The van der Waals surface area contributed by atoms with E-state index in [4.69, 9.17) is 25.8 Å². The van der Waals surface area contributed by atoms with E-state index in [1.54, 1.807) is 11.1 Å². The van der Waals surface area contributed by atoms with E-state index in [1.807, 2.05) is 6.92 Å². The van der Waals surface area contributed by atoms with E-state index < -0.39 is 28.2 Å². The Morgan fingerprint density at radius 2 is 2.12 bits per heavy atom. The van der Waals surface area contributed by atoms with Crippen LogP contribution in [0.5, 0.6) is 5.88 Å². The summed E-state index contributed by atoms with van der Waals surface area (Å²) in [5.74, 6) is 1.57. The third-order valence-electron chi connectivity index (χ3n) is 7.19. The van der Waals surface area contributed by atoms with Gasteiger partial charge in [0.15, 0.2) is 0 Å². The molecule has 1 amide bonds. The molecule has 12 heteroatoms. The molecule has 2 heterocycles. The number of halogens is 1. The summed E-state index contributed by atoms with van der Waals surface area (Å²) in [5, 5.41) is 0.394. The highest BCUT2D eigenvalue weighted by atomic mass is 35.5. The van der Waals surface area contributed by atoms with Crippen LogP contribution in [0.25, 0.3) is 0 Å². The van der Waals surface area contributed by atoms with E-state index in [-0.39, 0.29) is 24.2 Å². The fourth-order valence-electron chi connectivity index (χ4n) is 5.53. The first-order valence-electron chi connectivity index (χ1n) is 11.1. The number of amides is 1. The molecule has 0 aromatic carbocycles. The molecular formula is C21H31ClN4O6S. The van der Waals surface area contributed by atoms with Crippen LogP contribution in [0.4, 0.5) is 4.79 Å². The van der Waals surface area contributed by atoms with Gasteiger partial charge in [0, 0.05) is 17.5 Å². The predicted molar refractivity (Wildman–Crippen MR) is 121 cm³/mol. The average molecular weight is 503 g/mol. The summed E-state index contributed by atoms with van der Waals surface area (Å²) in [6.07, 6.45) is 6.33. The second-order valence-electron chi connectivity index (χ2n) is 9.36. The molecule has 10 nitrogen and oxygen atoms in total. The Hall–Kier alpha value is -1.69. The molecule has 33 heavy (non-hydrogen) atoms. The van der Waals surface area contributed by atoms with Crippen LogP contribution >= 0.6 is 11.6 Å². The summed E-state index contributed by atoms with van der Waals surface area (Å²) in [7, 11) is -0.565. The van der Waals surface area contributed by atoms with Crippen LogP contribution in [0.3, 0.4) is 0 Å². The van der Waals surface area contributed by atoms with Gasteiger partial charge in [0.2, 0.25) is 15.9 Å². The largest absolute Gasteiger partial charge is 0.480 e. The van der Waals surface area contributed by atoms with Gasteiger partial charge in [-0.05, 0) is 44.9 Å². The van der Waals surface area contributed by atoms with E-state index >= 15 is 0 Å². The first kappa shape index (κ1) is 24.4. The van der Waals surface area contributed by atoms with Gasteiger partial charge in [0.05, 0.1) is 45.4 Å². The average Bonchev–Trinajstić information content (AvgIpc) is 3.42. The van der Waals surface area contributed by atoms with Crippen molar-refractivity contribution in [3.05, 3.63) is 17.0 Å². The first-order valence-corrected chi connectivity index (χ1v) is 13.4. The summed E-state index contributed by atoms with van der Waals surface area (Å²) in [5.41, 5.74) is -0.0575. The quantitative estimate of drug-likeness (QED) is 0.602. The summed E-state index contributed by atoms with van der Waals surface area (Å²) in [6.45, 7) is 2.12. The van der Waals surface area contributed by atoms with Gasteiger partial charge < -0.3 is 14.2 Å². The van der Waals surface area contributed by atoms with Crippen molar-refractivity contribution in [3.8, 4) is 5.88 Å². The van der Waals surface area contributed by atoms with Gasteiger partial charge in [-0.2, -0.15) is 4.98 Å². The molecular weight excluding hydrogens is 472 g/mol. The Bertz CT molecular complexity index is 1010. The van der Waals surface area contributed by atoms with Gasteiger partial charge in [-0.3, -0.25) is 4.90 Å². The molecule has 0 bridgehead atoms. The Morgan fingerprint density at radius 1 is 1.36 bits per heavy atom. The Balaban J connectivity index is 1.40. The van der Waals surface area contributed by atoms with Crippen LogP contribution in [-0.4, -0.2) is 80.7 Å². The molecule has 2 aliphatic carbocycles. The zero-order valence-corrected chi connectivity index (χ0v) is 20.9. The Morgan fingerprint density at radius 3 is 2.76 bits per heavy atom. The lowest BCUT2D eigenvalue weighted by Gasteiger charge is -2.32. The number of rotatable bonds is 7. The lowest BCUT2D eigenvalue weighted by Crippen LogP contribution is -2.50. The third kappa shape index (κ3) is 4.91. The van der Waals surface area contributed by atoms with Crippen molar-refractivity contribution in [3.63, 3.8) is 0 Å². The van der Waals surface area contributed by atoms with Crippen LogP contribution in [-0.2, 0) is 24.9 Å². The van der Waals surface area contributed by atoms with Gasteiger partial charge >= 0.3 is 6.09 Å². The summed E-state index contributed by atoms with van der Waals surface area (Å²) in [4.78, 5) is 22.9. The molecule has 2 saturated carbocycles. The molecule has 0 spiro atoms. The number of hydrogen-bond donors (Lipinski definition) is 1. The van der Waals surface area contributed by atoms with Gasteiger partial charge in [0.25, 0.3) is 0 Å². The highest BCUT2D eigenvalue weighted by Crippen LogP contribution is 2.62. The molecule has 1 aromatic rings. The molecule has 0 radical (unpaired) electrons. The molecule has 1 N–H and O–H groups in total. The maximum Gasteiger partial charge on any atom is 0.410 e. The second kappa shape index (κ2) is 9.16. The topological polar surface area (TPSA) is 120 Å². The van der Waals surface area contributed by atoms with Gasteiger partial charge in [-0.25, -0.2) is 22.9 Å². The summed E-state index contributed by atoms with van der Waals surface area (Å²) < 4.78 is 42.8. The zero-order chi connectivity index (χ0) is 24.0. The number of nitrogens with one attached hydrogen (secondary N) is 1. The van der Waals surface area contributed by atoms with E-state index in [2.05, 4.69) is 14.7 Å². The number of carbonyl (C=O) groups excluding carboxylic acids is 1. The maximum absolute atomic E-state index is 12.4. The number of ether oxygens (including phenoxy) is 3. The highest BCUT2D eigenvalue weighted by molar-refractivity contribution is 7.88. The van der Waals surface area contributed by atoms with Crippen molar-refractivity contribution in [2.75, 3.05) is 27.1 Å². The highest BCUT2D eigenvalue weighted by Gasteiger charge is 2.60. The SMILES string of the molecule is COC(=O)N1C(C)CC(NS(C)(=O)=O)C1COC1CCC2(c3ncc(Cl)c(OC)n3)CC2C1. The Labute approximate surface area is 199 Å². The fraction of sp³-hybridized carbons (Fsp3) is 0.762. The number of likely N-dealkylation sites (tertiary alicyclic amines) is 1. The molecule has 6 atom stereocenters. The number of carbonyl (C=O) groups is 1. The van der Waals surface area contributed by atoms with Gasteiger partial charge in [0.1, 0.15) is 10.8 Å². The monoisotopic (exact) mass is 502 g/mol. The molecule has 1 saturated heterocycles. The maximum atomic E-state index is 12.4. The molecule has 6 unspecified atom stereocenters. The van der Waals surface area contributed by atoms with E-state index in [1.165, 1.54) is 14.2 Å². The smallest absolute Gasteiger partial charge is 0.410 e. The van der Waals surface area contributed by atoms with Crippen molar-refractivity contribution in [2.24, 2.45) is 5.92 Å². The number of nitrogens with zero attached hydrogens (tertiary/aromatic N) is 3.